The second-order valence-corrected chi connectivity index (χ2v) is 13.3. The van der Waals surface area contributed by atoms with E-state index in [0.717, 1.165) is 50.3 Å². The Bertz CT molecular complexity index is 1650. The number of unbranched alkanes of at least 4 members (excludes halogenated alkanes) is 2. The van der Waals surface area contributed by atoms with Crippen LogP contribution in [0.4, 0.5) is 16.3 Å². The number of ether oxygens (including phenoxy) is 1. The lowest BCUT2D eigenvalue weighted by atomic mass is 10.0. The van der Waals surface area contributed by atoms with Crippen LogP contribution in [0.1, 0.15) is 57.6 Å². The minimum Gasteiger partial charge on any atom is -1.00 e. The van der Waals surface area contributed by atoms with Crippen LogP contribution in [-0.4, -0.2) is 31.3 Å². The van der Waals surface area contributed by atoms with E-state index in [1.165, 1.54) is 44.1 Å². The van der Waals surface area contributed by atoms with E-state index in [4.69, 9.17) is 4.74 Å². The van der Waals surface area contributed by atoms with Gasteiger partial charge >= 0.3 is 6.09 Å². The molecule has 1 amide bonds. The fourth-order valence-corrected chi connectivity index (χ4v) is 7.10. The summed E-state index contributed by atoms with van der Waals surface area (Å²) in [5.41, 5.74) is 5.91. The zero-order chi connectivity index (χ0) is 29.8. The Morgan fingerprint density at radius 2 is 1.75 bits per heavy atom. The number of nitrogens with one attached hydrogen (secondary N) is 2. The fraction of sp³-hybridized carbons (Fsp3) is 0.333. The largest absolute Gasteiger partial charge is 1.00 e. The predicted octanol–water partition coefficient (Wildman–Crippen LogP) is 5.08. The SMILES string of the molecule is CC(C)(C)OC(=O)NCCCCCNc1cc(C=C2Sc3cccc4c3N2CCC4)c2ccccc2[n+]1-c1ccccc1.[Cl-]. The molecule has 6 rings (SSSR count). The summed E-state index contributed by atoms with van der Waals surface area (Å²) in [6, 6.07) is 28.3. The number of rotatable bonds is 9. The summed E-state index contributed by atoms with van der Waals surface area (Å²) >= 11 is 1.89. The molecule has 3 aromatic carbocycles. The van der Waals surface area contributed by atoms with Crippen molar-refractivity contribution in [1.82, 2.24) is 5.32 Å². The number of hydrogen-bond acceptors (Lipinski definition) is 5. The lowest BCUT2D eigenvalue weighted by molar-refractivity contribution is -0.551. The topological polar surface area (TPSA) is 57.5 Å². The highest BCUT2D eigenvalue weighted by Gasteiger charge is 2.30. The van der Waals surface area contributed by atoms with Crippen LogP contribution < -0.4 is 32.5 Å². The first-order valence-corrected chi connectivity index (χ1v) is 16.2. The Balaban J connectivity index is 0.00000384. The minimum atomic E-state index is -0.478. The number of thioether (sulfide) groups is 1. The monoisotopic (exact) mass is 628 g/mol. The van der Waals surface area contributed by atoms with Gasteiger partial charge in [0.2, 0.25) is 0 Å². The highest BCUT2D eigenvalue weighted by atomic mass is 35.5. The molecule has 1 aromatic heterocycles. The number of anilines is 2. The number of halogens is 1. The molecule has 44 heavy (non-hydrogen) atoms. The van der Waals surface area contributed by atoms with E-state index in [1.54, 1.807) is 0 Å². The average molecular weight is 629 g/mol. The van der Waals surface area contributed by atoms with E-state index in [1.807, 2.05) is 32.5 Å². The van der Waals surface area contributed by atoms with Crippen LogP contribution in [-0.2, 0) is 11.2 Å². The second kappa shape index (κ2) is 14.0. The van der Waals surface area contributed by atoms with Crippen LogP contribution in [0.15, 0.2) is 88.8 Å². The number of carbonyl (C=O) groups excluding carboxylic acids is 1. The molecule has 0 radical (unpaired) electrons. The summed E-state index contributed by atoms with van der Waals surface area (Å²) in [4.78, 5) is 15.8. The number of hydrogen-bond donors (Lipinski definition) is 2. The van der Waals surface area contributed by atoms with Crippen molar-refractivity contribution in [3.05, 3.63) is 95.0 Å². The highest BCUT2D eigenvalue weighted by Crippen LogP contribution is 2.50. The Kier molecular flexibility index (Phi) is 10.1. The van der Waals surface area contributed by atoms with E-state index in [-0.39, 0.29) is 18.5 Å². The number of para-hydroxylation sites is 3. The second-order valence-electron chi connectivity index (χ2n) is 12.2. The van der Waals surface area contributed by atoms with Crippen molar-refractivity contribution in [2.45, 2.75) is 63.4 Å². The van der Waals surface area contributed by atoms with E-state index >= 15 is 0 Å². The van der Waals surface area contributed by atoms with Crippen molar-refractivity contribution in [2.24, 2.45) is 0 Å². The Labute approximate surface area is 271 Å². The first-order valence-electron chi connectivity index (χ1n) is 15.4. The zero-order valence-corrected chi connectivity index (χ0v) is 27.3. The molecule has 4 aromatic rings. The number of nitrogens with zero attached hydrogens (tertiary/aromatic N) is 2. The zero-order valence-electron chi connectivity index (χ0n) is 25.7. The van der Waals surface area contributed by atoms with Crippen LogP contribution in [0.3, 0.4) is 0 Å². The number of aryl methyl sites for hydroxylation is 1. The van der Waals surface area contributed by atoms with Crippen LogP contribution in [0.5, 0.6) is 0 Å². The molecule has 8 heteroatoms. The summed E-state index contributed by atoms with van der Waals surface area (Å²) in [5.74, 6) is 1.07. The van der Waals surface area contributed by atoms with Gasteiger partial charge in [-0.15, -0.1) is 0 Å². The van der Waals surface area contributed by atoms with Gasteiger partial charge in [-0.25, -0.2) is 4.79 Å². The number of aromatic nitrogens is 1. The summed E-state index contributed by atoms with van der Waals surface area (Å²) in [6.07, 6.45) is 7.27. The molecule has 0 bridgehead atoms. The average Bonchev–Trinajstić information content (AvgIpc) is 3.35. The van der Waals surface area contributed by atoms with Crippen LogP contribution in [0.25, 0.3) is 22.7 Å². The molecule has 0 fully saturated rings. The molecule has 6 nitrogen and oxygen atoms in total. The van der Waals surface area contributed by atoms with Crippen molar-refractivity contribution in [1.29, 1.82) is 0 Å². The molecule has 230 valence electrons. The molecule has 0 unspecified atom stereocenters. The standard InChI is InChI=1S/C36H40N4O2S.ClH/c1-36(2,3)42-35(41)38-22-11-5-10-21-37-32-24-27(25-33-39-23-13-15-26-14-12-20-31(43-33)34(26)39)29-18-8-9-19-30(29)40(32)28-16-6-4-7-17-28;/h4,6-9,12,14,16-20,24-25H,5,10-11,13,15,21-23H2,1-3H3,(H,38,41);1H. The quantitative estimate of drug-likeness (QED) is 0.200. The fourth-order valence-electron chi connectivity index (χ4n) is 5.91. The molecular weight excluding hydrogens is 588 g/mol. The van der Waals surface area contributed by atoms with Gasteiger partial charge in [0, 0.05) is 29.4 Å². The molecule has 2 aliphatic heterocycles. The number of alkyl carbamates (subject to hydrolysis) is 1. The third-order valence-electron chi connectivity index (χ3n) is 7.77. The summed E-state index contributed by atoms with van der Waals surface area (Å²) in [5, 5.41) is 9.16. The van der Waals surface area contributed by atoms with E-state index < -0.39 is 5.60 Å². The van der Waals surface area contributed by atoms with Gasteiger partial charge in [0.05, 0.1) is 17.3 Å². The predicted molar refractivity (Wildman–Crippen MR) is 178 cm³/mol. The summed E-state index contributed by atoms with van der Waals surface area (Å²) in [7, 11) is 0. The van der Waals surface area contributed by atoms with Crippen molar-refractivity contribution in [2.75, 3.05) is 29.9 Å². The first kappa shape index (κ1) is 31.7. The van der Waals surface area contributed by atoms with Gasteiger partial charge in [-0.1, -0.05) is 60.3 Å². The minimum absolute atomic E-state index is 0. The van der Waals surface area contributed by atoms with Gasteiger partial charge in [-0.2, -0.15) is 4.57 Å². The van der Waals surface area contributed by atoms with Crippen LogP contribution in [0, 0.1) is 0 Å². The molecule has 2 aliphatic rings. The normalized spacial score (nSPS) is 14.7. The molecule has 3 heterocycles. The van der Waals surface area contributed by atoms with Gasteiger partial charge in [0.15, 0.2) is 0 Å². The lowest BCUT2D eigenvalue weighted by Crippen LogP contribution is -3.00. The van der Waals surface area contributed by atoms with Crippen molar-refractivity contribution < 1.29 is 26.5 Å². The first-order chi connectivity index (χ1) is 20.9. The number of fused-ring (bicyclic) bond motifs is 1. The van der Waals surface area contributed by atoms with Crippen molar-refractivity contribution >= 4 is 46.3 Å². The van der Waals surface area contributed by atoms with Crippen molar-refractivity contribution in [3.8, 4) is 5.69 Å². The Morgan fingerprint density at radius 3 is 2.57 bits per heavy atom. The lowest BCUT2D eigenvalue weighted by Gasteiger charge is -2.27. The summed E-state index contributed by atoms with van der Waals surface area (Å²) < 4.78 is 7.67. The maximum absolute atomic E-state index is 11.9. The summed E-state index contributed by atoms with van der Waals surface area (Å²) in [6.45, 7) is 8.15. The number of pyridine rings is 1. The van der Waals surface area contributed by atoms with Gasteiger partial charge in [0.25, 0.3) is 5.82 Å². The van der Waals surface area contributed by atoms with Gasteiger partial charge in [-0.05, 0) is 94.3 Å². The van der Waals surface area contributed by atoms with Gasteiger partial charge in [0.1, 0.15) is 16.8 Å². The van der Waals surface area contributed by atoms with E-state index in [9.17, 15) is 4.79 Å². The Hall–Kier alpha value is -3.68. The number of benzene rings is 3. The van der Waals surface area contributed by atoms with Crippen LogP contribution in [0.2, 0.25) is 0 Å². The van der Waals surface area contributed by atoms with Crippen LogP contribution >= 0.6 is 11.8 Å². The maximum atomic E-state index is 11.9. The number of amides is 1. The molecule has 0 saturated carbocycles. The van der Waals surface area contributed by atoms with Gasteiger partial charge < -0.3 is 27.4 Å². The van der Waals surface area contributed by atoms with E-state index in [0.29, 0.717) is 6.54 Å². The van der Waals surface area contributed by atoms with Gasteiger partial charge in [-0.3, -0.25) is 5.32 Å². The third-order valence-corrected chi connectivity index (χ3v) is 8.87. The molecule has 0 aliphatic carbocycles. The highest BCUT2D eigenvalue weighted by molar-refractivity contribution is 8.03. The molecule has 0 atom stereocenters. The number of carbonyl (C=O) groups is 1. The molecular formula is C36H41ClN4O2S. The molecule has 0 spiro atoms. The smallest absolute Gasteiger partial charge is 0.407 e. The maximum Gasteiger partial charge on any atom is 0.407 e. The molecule has 0 saturated heterocycles. The third kappa shape index (κ3) is 7.16. The van der Waals surface area contributed by atoms with E-state index in [2.05, 4.69) is 105 Å². The molecule has 2 N–H and O–H groups in total. The Morgan fingerprint density at radius 1 is 0.977 bits per heavy atom. The van der Waals surface area contributed by atoms with Crippen molar-refractivity contribution in [3.63, 3.8) is 0 Å².